The molecule has 0 bridgehead atoms. The van der Waals surface area contributed by atoms with Crippen LogP contribution in [0.4, 0.5) is 17.1 Å². The number of aromatic nitrogens is 2. The van der Waals surface area contributed by atoms with Crippen molar-refractivity contribution in [3.05, 3.63) is 273 Å². The molecule has 0 aliphatic rings. The van der Waals surface area contributed by atoms with E-state index in [1.54, 1.807) is 0 Å². The van der Waals surface area contributed by atoms with E-state index in [9.17, 15) is 0 Å². The highest BCUT2D eigenvalue weighted by Crippen LogP contribution is 2.43. The van der Waals surface area contributed by atoms with Gasteiger partial charge in [-0.3, -0.25) is 0 Å². The second-order valence-electron chi connectivity index (χ2n) is 18.5. The van der Waals surface area contributed by atoms with Gasteiger partial charge < -0.3 is 13.9 Å². The quantitative estimate of drug-likeness (QED) is 0.104. The van der Waals surface area contributed by atoms with Crippen LogP contribution >= 0.6 is 0 Å². The Morgan fingerprint density at radius 2 is 0.714 bits per heavy atom. The van der Waals surface area contributed by atoms with E-state index in [1.807, 2.05) is 0 Å². The van der Waals surface area contributed by atoms with Crippen LogP contribution in [-0.4, -0.2) is 17.0 Å². The molecule has 0 saturated heterocycles. The van der Waals surface area contributed by atoms with Crippen molar-refractivity contribution >= 4 is 106 Å². The molecule has 70 heavy (non-hydrogen) atoms. The molecule has 328 valence electrons. The van der Waals surface area contributed by atoms with Crippen LogP contribution in [0.1, 0.15) is 0 Å². The molecule has 0 saturated carbocycles. The second-order valence-corrected chi connectivity index (χ2v) is 22.3. The van der Waals surface area contributed by atoms with Crippen molar-refractivity contribution in [2.75, 3.05) is 4.90 Å². The molecule has 3 nitrogen and oxygen atoms in total. The van der Waals surface area contributed by atoms with Gasteiger partial charge in [0.25, 0.3) is 0 Å². The van der Waals surface area contributed by atoms with E-state index >= 15 is 0 Å². The molecule has 14 rings (SSSR count). The van der Waals surface area contributed by atoms with Crippen LogP contribution in [0.2, 0.25) is 0 Å². The Balaban J connectivity index is 0.942. The first-order valence-corrected chi connectivity index (χ1v) is 26.2. The van der Waals surface area contributed by atoms with Crippen molar-refractivity contribution in [1.29, 1.82) is 0 Å². The normalized spacial score (nSPS) is 12.0. The van der Waals surface area contributed by atoms with Crippen molar-refractivity contribution in [3.63, 3.8) is 0 Å². The van der Waals surface area contributed by atoms with Gasteiger partial charge in [-0.1, -0.05) is 200 Å². The van der Waals surface area contributed by atoms with Crippen LogP contribution in [0.15, 0.2) is 273 Å². The zero-order valence-corrected chi connectivity index (χ0v) is 39.3. The topological polar surface area (TPSA) is 12.6 Å². The van der Waals surface area contributed by atoms with Crippen LogP contribution in [0, 0.1) is 0 Å². The van der Waals surface area contributed by atoms with Crippen molar-refractivity contribution in [2.24, 2.45) is 0 Å². The van der Waals surface area contributed by atoms with E-state index in [-0.39, 0.29) is 0 Å². The summed E-state index contributed by atoms with van der Waals surface area (Å²) in [6.45, 7) is 0. The fraction of sp³-hybridized carbons (Fsp3) is 0. The molecule has 0 spiro atoms. The summed E-state index contributed by atoms with van der Waals surface area (Å²) in [5, 5.41) is 13.0. The van der Waals surface area contributed by atoms with Crippen molar-refractivity contribution in [3.8, 4) is 16.8 Å². The first-order chi connectivity index (χ1) is 34.7. The second kappa shape index (κ2) is 16.1. The monoisotopic (exact) mass is 907 g/mol. The third-order valence-electron chi connectivity index (χ3n) is 14.8. The minimum absolute atomic E-state index is 1.09. The van der Waals surface area contributed by atoms with Crippen molar-refractivity contribution < 1.29 is 0 Å². The summed E-state index contributed by atoms with van der Waals surface area (Å²) in [5.74, 6) is 0. The first-order valence-electron chi connectivity index (χ1n) is 24.2. The summed E-state index contributed by atoms with van der Waals surface area (Å²) >= 11 is 0. The molecular weight excluding hydrogens is 863 g/mol. The maximum atomic E-state index is 2.48. The van der Waals surface area contributed by atoms with E-state index in [0.29, 0.717) is 0 Å². The lowest BCUT2D eigenvalue weighted by Crippen LogP contribution is -2.74. The molecule has 0 atom stereocenters. The van der Waals surface area contributed by atoms with Crippen LogP contribution < -0.4 is 25.6 Å². The van der Waals surface area contributed by atoms with Crippen LogP contribution in [-0.2, 0) is 0 Å². The molecule has 11 aromatic carbocycles. The fourth-order valence-electron chi connectivity index (χ4n) is 11.7. The summed E-state index contributed by atoms with van der Waals surface area (Å²) in [4.78, 5) is 2.44. The maximum Gasteiger partial charge on any atom is 0.179 e. The average Bonchev–Trinajstić information content (AvgIpc) is 4.08. The molecule has 0 N–H and O–H groups in total. The van der Waals surface area contributed by atoms with Crippen LogP contribution in [0.3, 0.4) is 0 Å². The van der Waals surface area contributed by atoms with Gasteiger partial charge in [0.05, 0.1) is 27.6 Å². The molecule has 0 aliphatic carbocycles. The molecule has 0 aliphatic heterocycles. The molecule has 0 radical (unpaired) electrons. The van der Waals surface area contributed by atoms with E-state index < -0.39 is 8.07 Å². The highest BCUT2D eigenvalue weighted by molar-refractivity contribution is 7.19. The summed E-state index contributed by atoms with van der Waals surface area (Å²) in [7, 11) is -2.74. The predicted molar refractivity (Wildman–Crippen MR) is 299 cm³/mol. The van der Waals surface area contributed by atoms with Gasteiger partial charge in [-0.15, -0.1) is 0 Å². The Morgan fingerprint density at radius 1 is 0.271 bits per heavy atom. The minimum atomic E-state index is -2.74. The van der Waals surface area contributed by atoms with E-state index in [0.717, 1.165) is 22.7 Å². The minimum Gasteiger partial charge on any atom is -0.310 e. The zero-order chi connectivity index (χ0) is 46.2. The molecule has 0 amide bonds. The largest absolute Gasteiger partial charge is 0.310 e. The first kappa shape index (κ1) is 40.1. The number of para-hydroxylation sites is 4. The average molecular weight is 908 g/mol. The van der Waals surface area contributed by atoms with Crippen LogP contribution in [0.5, 0.6) is 0 Å². The summed E-state index contributed by atoms with van der Waals surface area (Å²) < 4.78 is 4.86. The Bertz CT molecular complexity index is 4100. The number of benzene rings is 11. The predicted octanol–water partition coefficient (Wildman–Crippen LogP) is 14.4. The number of anilines is 3. The van der Waals surface area contributed by atoms with Crippen molar-refractivity contribution in [2.45, 2.75) is 0 Å². The van der Waals surface area contributed by atoms with Gasteiger partial charge in [-0.2, -0.15) is 0 Å². The standard InChI is InChI=1S/C66H45N3Si/c1-5-18-48(19-6-1)68-62-30-15-14-27-57(62)61-44-47(34-43-64(61)68)46-32-35-49(36-33-46)67(51-39-42-58-60-29-17-28-59-56-26-13-16-31-63(56)69(66(59)60)65(58)45-51)50-37-40-55(41-38-50)70(52-20-7-2-8-21-52,53-22-9-3-10-23-53)54-24-11-4-12-25-54/h1-45H. The van der Waals surface area contributed by atoms with Crippen molar-refractivity contribution in [1.82, 2.24) is 8.97 Å². The smallest absolute Gasteiger partial charge is 0.179 e. The zero-order valence-electron chi connectivity index (χ0n) is 38.3. The van der Waals surface area contributed by atoms with E-state index in [4.69, 9.17) is 0 Å². The molecule has 14 aromatic rings. The Hall–Kier alpha value is -8.96. The Kier molecular flexibility index (Phi) is 9.23. The molecular formula is C66H45N3Si. The Morgan fingerprint density at radius 3 is 1.33 bits per heavy atom. The van der Waals surface area contributed by atoms with Gasteiger partial charge >= 0.3 is 0 Å². The summed E-state index contributed by atoms with van der Waals surface area (Å²) in [6.07, 6.45) is 0. The maximum absolute atomic E-state index is 2.74. The lowest BCUT2D eigenvalue weighted by atomic mass is 10.0. The highest BCUT2D eigenvalue weighted by Gasteiger charge is 2.41. The molecule has 0 unspecified atom stereocenters. The lowest BCUT2D eigenvalue weighted by molar-refractivity contribution is 1.18. The number of rotatable bonds is 9. The summed E-state index contributed by atoms with van der Waals surface area (Å²) in [5.41, 5.74) is 12.9. The Labute approximate surface area is 407 Å². The summed E-state index contributed by atoms with van der Waals surface area (Å²) in [6, 6.07) is 101. The van der Waals surface area contributed by atoms with Crippen LogP contribution in [0.25, 0.3) is 76.7 Å². The number of hydrogen-bond donors (Lipinski definition) is 0. The molecule has 3 heterocycles. The fourth-order valence-corrected chi connectivity index (χ4v) is 16.5. The van der Waals surface area contributed by atoms with E-state index in [2.05, 4.69) is 287 Å². The number of hydrogen-bond acceptors (Lipinski definition) is 1. The van der Waals surface area contributed by atoms with Gasteiger partial charge in [0.1, 0.15) is 0 Å². The number of nitrogens with zero attached hydrogens (tertiary/aromatic N) is 3. The van der Waals surface area contributed by atoms with Gasteiger partial charge in [0, 0.05) is 55.1 Å². The third kappa shape index (κ3) is 6.07. The molecule has 0 fully saturated rings. The van der Waals surface area contributed by atoms with Gasteiger partial charge in [0.2, 0.25) is 0 Å². The lowest BCUT2D eigenvalue weighted by Gasteiger charge is -2.35. The third-order valence-corrected chi connectivity index (χ3v) is 19.6. The number of fused-ring (bicyclic) bond motifs is 9. The van der Waals surface area contributed by atoms with E-state index in [1.165, 1.54) is 91.8 Å². The SMILES string of the molecule is c1ccc(-n2c3ccccc3c3cc(-c4ccc(N(c5ccc([Si](c6ccccc6)(c6ccccc6)c6ccccc6)cc5)c5ccc6c7cccc8c9ccccc9n(c6c5)c87)cc4)ccc32)cc1. The van der Waals surface area contributed by atoms with Gasteiger partial charge in [-0.05, 0) is 105 Å². The highest BCUT2D eigenvalue weighted by atomic mass is 28.3. The molecule has 4 heteroatoms. The van der Waals surface area contributed by atoms with Gasteiger partial charge in [-0.25, -0.2) is 0 Å². The molecule has 3 aromatic heterocycles. The van der Waals surface area contributed by atoms with Gasteiger partial charge in [0.15, 0.2) is 8.07 Å².